The van der Waals surface area contributed by atoms with Crippen LogP contribution in [0, 0.1) is 11.7 Å². The molecule has 0 bridgehead atoms. The van der Waals surface area contributed by atoms with Gasteiger partial charge in [0.05, 0.1) is 5.56 Å². The molecule has 1 aliphatic heterocycles. The third-order valence-corrected chi connectivity index (χ3v) is 4.04. The number of nitrogens with one attached hydrogen (secondary N) is 1. The van der Waals surface area contributed by atoms with E-state index in [1.54, 1.807) is 4.90 Å². The van der Waals surface area contributed by atoms with Gasteiger partial charge in [-0.3, -0.25) is 4.79 Å². The Hall–Kier alpha value is -1.62. The van der Waals surface area contributed by atoms with Gasteiger partial charge in [-0.15, -0.1) is 0 Å². The minimum Gasteiger partial charge on any atom is -0.507 e. The highest BCUT2D eigenvalue weighted by molar-refractivity contribution is 5.96. The van der Waals surface area contributed by atoms with Crippen molar-refractivity contribution in [3.8, 4) is 5.75 Å². The molecule has 0 aliphatic carbocycles. The van der Waals surface area contributed by atoms with E-state index in [-0.39, 0.29) is 17.2 Å². The van der Waals surface area contributed by atoms with E-state index in [1.807, 2.05) is 0 Å². The summed E-state index contributed by atoms with van der Waals surface area (Å²) in [6, 6.07) is 3.95. The molecule has 2 unspecified atom stereocenters. The van der Waals surface area contributed by atoms with Crippen LogP contribution in [0.25, 0.3) is 0 Å². The lowest BCUT2D eigenvalue weighted by molar-refractivity contribution is 0.0642. The van der Waals surface area contributed by atoms with Crippen molar-refractivity contribution in [3.05, 3.63) is 29.6 Å². The molecular formula is C16H23FN2O2. The Bertz CT molecular complexity index is 507. The number of phenolic OH excluding ortho intramolecular Hbond substituents is 1. The zero-order valence-corrected chi connectivity index (χ0v) is 12.6. The van der Waals surface area contributed by atoms with Gasteiger partial charge >= 0.3 is 0 Å². The van der Waals surface area contributed by atoms with Crippen molar-refractivity contribution in [2.75, 3.05) is 19.6 Å². The molecule has 1 aromatic carbocycles. The fourth-order valence-electron chi connectivity index (χ4n) is 2.82. The minimum absolute atomic E-state index is 0.170. The largest absolute Gasteiger partial charge is 0.507 e. The first-order chi connectivity index (χ1) is 10.0. The molecule has 21 heavy (non-hydrogen) atoms. The summed E-state index contributed by atoms with van der Waals surface area (Å²) >= 11 is 0. The van der Waals surface area contributed by atoms with Gasteiger partial charge in [0.2, 0.25) is 0 Å². The van der Waals surface area contributed by atoms with E-state index in [1.165, 1.54) is 12.1 Å². The van der Waals surface area contributed by atoms with Crippen LogP contribution in [0.2, 0.25) is 0 Å². The Morgan fingerprint density at radius 3 is 2.90 bits per heavy atom. The summed E-state index contributed by atoms with van der Waals surface area (Å²) in [7, 11) is 0. The first-order valence-corrected chi connectivity index (χ1v) is 7.54. The number of piperidine rings is 1. The molecule has 2 atom stereocenters. The smallest absolute Gasteiger partial charge is 0.257 e. The summed E-state index contributed by atoms with van der Waals surface area (Å²) in [6.45, 7) is 6.55. The van der Waals surface area contributed by atoms with Crippen LogP contribution in [-0.4, -0.2) is 41.6 Å². The van der Waals surface area contributed by atoms with Crippen LogP contribution in [-0.2, 0) is 0 Å². The number of nitrogens with zero attached hydrogens (tertiary/aromatic N) is 1. The zero-order chi connectivity index (χ0) is 15.4. The van der Waals surface area contributed by atoms with Crippen molar-refractivity contribution >= 4 is 5.91 Å². The Labute approximate surface area is 125 Å². The van der Waals surface area contributed by atoms with E-state index in [4.69, 9.17) is 0 Å². The molecule has 0 radical (unpaired) electrons. The highest BCUT2D eigenvalue weighted by atomic mass is 19.1. The van der Waals surface area contributed by atoms with Crippen LogP contribution in [0.4, 0.5) is 4.39 Å². The van der Waals surface area contributed by atoms with Gasteiger partial charge in [0.1, 0.15) is 11.6 Å². The fraction of sp³-hybridized carbons (Fsp3) is 0.562. The topological polar surface area (TPSA) is 52.6 Å². The van der Waals surface area contributed by atoms with Gasteiger partial charge in [-0.1, -0.05) is 13.8 Å². The molecule has 1 saturated heterocycles. The number of carbonyl (C=O) groups excluding carboxylic acids is 1. The number of phenols is 1. The Morgan fingerprint density at radius 2 is 2.29 bits per heavy atom. The highest BCUT2D eigenvalue weighted by Gasteiger charge is 2.29. The van der Waals surface area contributed by atoms with E-state index < -0.39 is 5.82 Å². The fourth-order valence-corrected chi connectivity index (χ4v) is 2.82. The molecular weight excluding hydrogens is 271 g/mol. The predicted molar refractivity (Wildman–Crippen MR) is 79.8 cm³/mol. The van der Waals surface area contributed by atoms with Gasteiger partial charge in [0, 0.05) is 25.2 Å². The zero-order valence-electron chi connectivity index (χ0n) is 12.6. The molecule has 2 rings (SSSR count). The molecule has 1 fully saturated rings. The van der Waals surface area contributed by atoms with Crippen LogP contribution in [0.5, 0.6) is 5.75 Å². The lowest BCUT2D eigenvalue weighted by Gasteiger charge is -2.37. The molecule has 5 heteroatoms. The summed E-state index contributed by atoms with van der Waals surface area (Å²) in [5, 5.41) is 13.2. The maximum atomic E-state index is 13.0. The molecule has 1 aromatic rings. The van der Waals surface area contributed by atoms with E-state index in [0.29, 0.717) is 25.0 Å². The van der Waals surface area contributed by atoms with Gasteiger partial charge in [-0.2, -0.15) is 0 Å². The molecule has 1 aliphatic rings. The van der Waals surface area contributed by atoms with Crippen LogP contribution in [0.1, 0.15) is 37.0 Å². The van der Waals surface area contributed by atoms with E-state index in [0.717, 1.165) is 25.5 Å². The van der Waals surface area contributed by atoms with Crippen LogP contribution < -0.4 is 5.32 Å². The maximum absolute atomic E-state index is 13.0. The summed E-state index contributed by atoms with van der Waals surface area (Å²) < 4.78 is 13.0. The minimum atomic E-state index is -0.542. The van der Waals surface area contributed by atoms with E-state index in [2.05, 4.69) is 19.2 Å². The third-order valence-electron chi connectivity index (χ3n) is 4.04. The van der Waals surface area contributed by atoms with Gasteiger partial charge < -0.3 is 15.3 Å². The number of carbonyl (C=O) groups is 1. The Kier molecular flexibility index (Phi) is 5.17. The molecule has 2 N–H and O–H groups in total. The highest BCUT2D eigenvalue weighted by Crippen LogP contribution is 2.23. The molecule has 116 valence electrons. The quantitative estimate of drug-likeness (QED) is 0.896. The number of halogens is 1. The van der Waals surface area contributed by atoms with Crippen LogP contribution in [0.15, 0.2) is 18.2 Å². The van der Waals surface area contributed by atoms with E-state index in [9.17, 15) is 14.3 Å². The lowest BCUT2D eigenvalue weighted by Crippen LogP contribution is -2.50. The molecule has 0 aromatic heterocycles. The monoisotopic (exact) mass is 294 g/mol. The first kappa shape index (κ1) is 15.8. The number of aromatic hydroxyl groups is 1. The summed E-state index contributed by atoms with van der Waals surface area (Å²) in [5.74, 6) is -0.705. The second-order valence-corrected chi connectivity index (χ2v) is 5.74. The van der Waals surface area contributed by atoms with Crippen molar-refractivity contribution < 1.29 is 14.3 Å². The van der Waals surface area contributed by atoms with Crippen molar-refractivity contribution in [3.63, 3.8) is 0 Å². The second-order valence-electron chi connectivity index (χ2n) is 5.74. The number of likely N-dealkylation sites (tertiary alicyclic amines) is 1. The van der Waals surface area contributed by atoms with Gasteiger partial charge in [-0.25, -0.2) is 4.39 Å². The predicted octanol–water partition coefficient (Wildman–Crippen LogP) is 2.38. The third kappa shape index (κ3) is 3.73. The molecule has 0 saturated carbocycles. The van der Waals surface area contributed by atoms with Crippen molar-refractivity contribution in [1.29, 1.82) is 0 Å². The maximum Gasteiger partial charge on any atom is 0.257 e. The SMILES string of the molecule is CCCNC1CCN(C(=O)c2ccc(F)cc2O)CC1C. The first-order valence-electron chi connectivity index (χ1n) is 7.54. The van der Waals surface area contributed by atoms with Gasteiger partial charge in [-0.05, 0) is 37.4 Å². The molecule has 1 heterocycles. The van der Waals surface area contributed by atoms with Crippen molar-refractivity contribution in [2.45, 2.75) is 32.7 Å². The molecule has 1 amide bonds. The second kappa shape index (κ2) is 6.89. The van der Waals surface area contributed by atoms with Gasteiger partial charge in [0.25, 0.3) is 5.91 Å². The number of benzene rings is 1. The normalized spacial score (nSPS) is 22.3. The number of hydrogen-bond donors (Lipinski definition) is 2. The van der Waals surface area contributed by atoms with Crippen molar-refractivity contribution in [1.82, 2.24) is 10.2 Å². The van der Waals surface area contributed by atoms with Gasteiger partial charge in [0.15, 0.2) is 0 Å². The molecule has 4 nitrogen and oxygen atoms in total. The van der Waals surface area contributed by atoms with E-state index >= 15 is 0 Å². The number of hydrogen-bond acceptors (Lipinski definition) is 3. The Balaban J connectivity index is 2.02. The summed E-state index contributed by atoms with van der Waals surface area (Å²) in [5.41, 5.74) is 0.170. The lowest BCUT2D eigenvalue weighted by atomic mass is 9.93. The molecule has 0 spiro atoms. The average Bonchev–Trinajstić information content (AvgIpc) is 2.45. The number of rotatable bonds is 4. The van der Waals surface area contributed by atoms with Crippen LogP contribution in [0.3, 0.4) is 0 Å². The summed E-state index contributed by atoms with van der Waals surface area (Å²) in [6.07, 6.45) is 1.99. The number of amides is 1. The Morgan fingerprint density at radius 1 is 1.52 bits per heavy atom. The van der Waals surface area contributed by atoms with Crippen molar-refractivity contribution in [2.24, 2.45) is 5.92 Å². The van der Waals surface area contributed by atoms with Crippen LogP contribution >= 0.6 is 0 Å². The average molecular weight is 294 g/mol. The summed E-state index contributed by atoms with van der Waals surface area (Å²) in [4.78, 5) is 14.2. The standard InChI is InChI=1S/C16H23FN2O2/c1-3-7-18-14-6-8-19(10-11(14)2)16(21)13-5-4-12(17)9-15(13)20/h4-5,9,11,14,18,20H,3,6-8,10H2,1-2H3.